The number of rotatable bonds is 0. The normalized spacial score (nSPS) is 7.20. The molecule has 0 aliphatic rings. The van der Waals surface area contributed by atoms with Crippen LogP contribution in [0.3, 0.4) is 0 Å². The van der Waals surface area contributed by atoms with Crippen LogP contribution in [0.5, 0.6) is 0 Å². The van der Waals surface area contributed by atoms with E-state index in [1.165, 1.54) is 0 Å². The molecule has 0 saturated heterocycles. The van der Waals surface area contributed by atoms with Crippen LogP contribution >= 0.6 is 17.2 Å². The minimum absolute atomic E-state index is 0. The van der Waals surface area contributed by atoms with Crippen LogP contribution in [-0.2, 0) is 37.8 Å². The Labute approximate surface area is 84.4 Å². The summed E-state index contributed by atoms with van der Waals surface area (Å²) in [6.45, 7) is 0. The third-order valence-corrected chi connectivity index (χ3v) is 0. The van der Waals surface area contributed by atoms with E-state index in [1.54, 1.807) is 0 Å². The quantitative estimate of drug-likeness (QED) is 0.372. The van der Waals surface area contributed by atoms with Gasteiger partial charge in [0.2, 0.25) is 0 Å². The van der Waals surface area contributed by atoms with Crippen molar-refractivity contribution < 1.29 is 67.2 Å². The Hall–Kier alpha value is 1.81. The maximum absolute atomic E-state index is 8.48. The molecule has 0 aromatic carbocycles. The van der Waals surface area contributed by atoms with Gasteiger partial charge in [-0.25, -0.2) is 0 Å². The molecule has 0 N–H and O–H groups in total. The van der Waals surface area contributed by atoms with Gasteiger partial charge in [0, 0.05) is 0 Å². The summed E-state index contributed by atoms with van der Waals surface area (Å²) in [7, 11) is -6.74. The van der Waals surface area contributed by atoms with Gasteiger partial charge in [-0.15, -0.1) is 0 Å². The molecule has 61 valence electrons. The predicted octanol–water partition coefficient (Wildman–Crippen LogP) is -5.42. The van der Waals surface area contributed by atoms with Gasteiger partial charge in [0.25, 0.3) is 0 Å². The Bertz CT molecular complexity index is 31.2. The van der Waals surface area contributed by atoms with Gasteiger partial charge >= 0.3 is 37.8 Å². The largest absolute Gasteiger partial charge is 4.00 e. The zero-order chi connectivity index (χ0) is 7.15. The van der Waals surface area contributed by atoms with Crippen LogP contribution in [-0.4, -0.2) is 0 Å². The maximum atomic E-state index is 8.48. The molecule has 0 spiro atoms. The zero-order valence-electron chi connectivity index (χ0n) is 4.09. The Kier molecular flexibility index (Phi) is 38.6. The Balaban J connectivity index is -0.0000000300. The molecule has 0 aliphatic heterocycles. The fourth-order valence-corrected chi connectivity index (χ4v) is 0. The number of hydrogen-bond acceptors (Lipinski definition) is 6. The van der Waals surface area contributed by atoms with Crippen molar-refractivity contribution >= 4 is 17.2 Å². The first-order valence-electron chi connectivity index (χ1n) is 1.10. The third-order valence-electron chi connectivity index (χ3n) is 0. The van der Waals surface area contributed by atoms with Crippen LogP contribution in [0.4, 0.5) is 0 Å². The van der Waals surface area contributed by atoms with Crippen molar-refractivity contribution in [3.8, 4) is 0 Å². The van der Waals surface area contributed by atoms with Crippen LogP contribution in [0.25, 0.3) is 0 Å². The Morgan fingerprint density at radius 3 is 0.600 bits per heavy atom. The van der Waals surface area contributed by atoms with Gasteiger partial charge in [0.15, 0.2) is 0 Å². The van der Waals surface area contributed by atoms with E-state index in [4.69, 9.17) is 29.4 Å². The van der Waals surface area contributed by atoms with Crippen molar-refractivity contribution in [1.82, 2.24) is 0 Å². The van der Waals surface area contributed by atoms with E-state index in [0.29, 0.717) is 0 Å². The summed E-state index contributed by atoms with van der Waals surface area (Å²) >= 11 is 0. The van der Waals surface area contributed by atoms with Crippen molar-refractivity contribution in [3.63, 3.8) is 0 Å². The van der Waals surface area contributed by atoms with Crippen molar-refractivity contribution in [3.05, 3.63) is 0 Å². The molecule has 0 unspecified atom stereocenters. The summed E-state index contributed by atoms with van der Waals surface area (Å²) in [5.41, 5.74) is 0. The second kappa shape index (κ2) is 17.1. The molecule has 0 aromatic rings. The molecule has 1 radical (unpaired) electrons. The van der Waals surface area contributed by atoms with Gasteiger partial charge in [-0.2, -0.15) is 0 Å². The van der Waals surface area contributed by atoms with E-state index in [-0.39, 0.29) is 37.8 Å². The molecule has 0 bridgehead atoms. The van der Waals surface area contributed by atoms with E-state index in [9.17, 15) is 0 Å². The Morgan fingerprint density at radius 1 is 0.600 bits per heavy atom. The summed E-state index contributed by atoms with van der Waals surface area (Å²) in [6.07, 6.45) is 0. The molecule has 6 nitrogen and oxygen atoms in total. The van der Waals surface area contributed by atoms with Crippen molar-refractivity contribution in [2.24, 2.45) is 0 Å². The van der Waals surface area contributed by atoms with E-state index in [1.807, 2.05) is 0 Å². The average molecular weight is 401 g/mol. The molecule has 0 aliphatic carbocycles. The minimum atomic E-state index is -3.37. The van der Waals surface area contributed by atoms with Crippen LogP contribution in [0.2, 0.25) is 0 Å². The summed E-state index contributed by atoms with van der Waals surface area (Å²) in [4.78, 5) is 50.9. The summed E-state index contributed by atoms with van der Waals surface area (Å²) < 4.78 is 0. The van der Waals surface area contributed by atoms with Crippen LogP contribution < -0.4 is 29.4 Å². The third kappa shape index (κ3) is 232. The molecule has 0 fully saturated rings. The fourth-order valence-electron chi connectivity index (χ4n) is 0. The summed E-state index contributed by atoms with van der Waals surface area (Å²) in [6, 6.07) is 0. The van der Waals surface area contributed by atoms with Crippen LogP contribution in [0, 0.1) is 0 Å². The SMILES string of the molecule is [Co+2].[O-]P([O-])[O-].[O-]P([O-])[O-].[W+4]. The smallest absolute Gasteiger partial charge is 0.854 e. The minimum Gasteiger partial charge on any atom is -0.854 e. The molecular formula is CoO6P2W. The van der Waals surface area contributed by atoms with Crippen molar-refractivity contribution in [2.75, 3.05) is 0 Å². The number of hydrogen-bond donors (Lipinski definition) is 0. The average Bonchev–Trinajstić information content (AvgIpc) is 1.25. The van der Waals surface area contributed by atoms with E-state index >= 15 is 0 Å². The monoisotopic (exact) mass is 401 g/mol. The molecule has 0 rings (SSSR count). The molecule has 0 heterocycles. The molecule has 0 saturated carbocycles. The Morgan fingerprint density at radius 2 is 0.600 bits per heavy atom. The van der Waals surface area contributed by atoms with Crippen LogP contribution in [0.15, 0.2) is 0 Å². The van der Waals surface area contributed by atoms with Crippen molar-refractivity contribution in [1.29, 1.82) is 0 Å². The fraction of sp³-hybridized carbons (Fsp3) is 0. The van der Waals surface area contributed by atoms with Gasteiger partial charge in [0.05, 0.1) is 0 Å². The second-order valence-corrected chi connectivity index (χ2v) is 1.34. The first kappa shape index (κ1) is 22.6. The maximum Gasteiger partial charge on any atom is 4.00 e. The van der Waals surface area contributed by atoms with Crippen LogP contribution in [0.1, 0.15) is 0 Å². The summed E-state index contributed by atoms with van der Waals surface area (Å²) in [5.74, 6) is 0. The zero-order valence-corrected chi connectivity index (χ0v) is 9.85. The topological polar surface area (TPSA) is 138 Å². The van der Waals surface area contributed by atoms with Crippen molar-refractivity contribution in [2.45, 2.75) is 0 Å². The first-order chi connectivity index (χ1) is 3.46. The molecule has 0 aromatic heterocycles. The molecule has 0 atom stereocenters. The van der Waals surface area contributed by atoms with Gasteiger partial charge in [0.1, 0.15) is 0 Å². The predicted molar refractivity (Wildman–Crippen MR) is 13.8 cm³/mol. The second-order valence-electron chi connectivity index (χ2n) is 0.447. The molecule has 0 amide bonds. The standard InChI is InChI=1S/Co.2O3P.W/c;2*1-4(2)3;/q+2;2*-3;+4. The van der Waals surface area contributed by atoms with Gasteiger partial charge in [-0.1, -0.05) is 0 Å². The van der Waals surface area contributed by atoms with E-state index in [2.05, 4.69) is 0 Å². The molecule has 10 heavy (non-hydrogen) atoms. The molecular weight excluding hydrogens is 401 g/mol. The molecule has 10 heteroatoms. The van der Waals surface area contributed by atoms with Gasteiger partial charge in [-0.3, -0.25) is 0 Å². The summed E-state index contributed by atoms with van der Waals surface area (Å²) in [5, 5.41) is 0. The first-order valence-corrected chi connectivity index (χ1v) is 3.29. The van der Waals surface area contributed by atoms with E-state index in [0.717, 1.165) is 0 Å². The van der Waals surface area contributed by atoms with Gasteiger partial charge < -0.3 is 46.6 Å². The van der Waals surface area contributed by atoms with E-state index < -0.39 is 17.2 Å². The van der Waals surface area contributed by atoms with Gasteiger partial charge in [-0.05, 0) is 0 Å².